The fourth-order valence-corrected chi connectivity index (χ4v) is 2.92. The van der Waals surface area contributed by atoms with Gasteiger partial charge in [0, 0.05) is 24.9 Å². The number of hydrogen-bond acceptors (Lipinski definition) is 1. The number of rotatable bonds is 0. The number of carbonyl (C=O) groups is 1. The van der Waals surface area contributed by atoms with Gasteiger partial charge in [0.15, 0.2) is 0 Å². The summed E-state index contributed by atoms with van der Waals surface area (Å²) in [4.78, 5) is 13.6. The first kappa shape index (κ1) is 8.79. The molecule has 0 radical (unpaired) electrons. The molecule has 3 atom stereocenters. The highest BCUT2D eigenvalue weighted by atomic mass is 16.2. The van der Waals surface area contributed by atoms with Gasteiger partial charge >= 0.3 is 0 Å². The Kier molecular flexibility index (Phi) is 1.94. The van der Waals surface area contributed by atoms with Crippen molar-refractivity contribution in [3.8, 4) is 0 Å². The fourth-order valence-electron chi connectivity index (χ4n) is 2.92. The summed E-state index contributed by atoms with van der Waals surface area (Å²) in [6, 6.07) is 0.448. The van der Waals surface area contributed by atoms with Crippen LogP contribution in [0.2, 0.25) is 0 Å². The van der Waals surface area contributed by atoms with Crippen molar-refractivity contribution in [3.63, 3.8) is 0 Å². The Hall–Kier alpha value is -0.790. The molecule has 0 aromatic heterocycles. The standard InChI is InChI=1S/C11H17NO/c1-7-5-4-6-9-10(7)8(2)11(13)12(9)3/h8-10H,1,4-6H2,2-3H3. The number of amides is 1. The van der Waals surface area contributed by atoms with E-state index in [-0.39, 0.29) is 5.92 Å². The van der Waals surface area contributed by atoms with Crippen LogP contribution < -0.4 is 0 Å². The third-order valence-corrected chi connectivity index (χ3v) is 3.66. The van der Waals surface area contributed by atoms with Gasteiger partial charge in [-0.15, -0.1) is 0 Å². The van der Waals surface area contributed by atoms with Crippen LogP contribution >= 0.6 is 0 Å². The fraction of sp³-hybridized carbons (Fsp3) is 0.727. The Bertz CT molecular complexity index is 259. The molecule has 0 aromatic carbocycles. The van der Waals surface area contributed by atoms with Crippen LogP contribution in [0.15, 0.2) is 12.2 Å². The van der Waals surface area contributed by atoms with Crippen molar-refractivity contribution in [1.82, 2.24) is 4.90 Å². The highest BCUT2D eigenvalue weighted by Gasteiger charge is 2.45. The van der Waals surface area contributed by atoms with Crippen molar-refractivity contribution in [2.24, 2.45) is 11.8 Å². The molecule has 0 bridgehead atoms. The summed E-state index contributed by atoms with van der Waals surface area (Å²) >= 11 is 0. The van der Waals surface area contributed by atoms with Gasteiger partial charge < -0.3 is 4.90 Å². The number of hydrogen-bond donors (Lipinski definition) is 0. The lowest BCUT2D eigenvalue weighted by molar-refractivity contribution is -0.130. The monoisotopic (exact) mass is 179 g/mol. The van der Waals surface area contributed by atoms with E-state index in [2.05, 4.69) is 6.58 Å². The summed E-state index contributed by atoms with van der Waals surface area (Å²) in [5.74, 6) is 0.909. The van der Waals surface area contributed by atoms with Crippen LogP contribution in [0.5, 0.6) is 0 Å². The van der Waals surface area contributed by atoms with E-state index >= 15 is 0 Å². The first-order chi connectivity index (χ1) is 6.13. The largest absolute Gasteiger partial charge is 0.342 e. The van der Waals surface area contributed by atoms with Gasteiger partial charge in [-0.05, 0) is 19.3 Å². The third kappa shape index (κ3) is 1.11. The molecule has 2 aliphatic rings. The quantitative estimate of drug-likeness (QED) is 0.519. The summed E-state index contributed by atoms with van der Waals surface area (Å²) < 4.78 is 0. The molecule has 1 amide bonds. The maximum absolute atomic E-state index is 11.7. The van der Waals surface area contributed by atoms with E-state index in [0.29, 0.717) is 17.9 Å². The molecule has 3 unspecified atom stereocenters. The predicted molar refractivity (Wildman–Crippen MR) is 52.2 cm³/mol. The maximum atomic E-state index is 11.7. The average Bonchev–Trinajstić information content (AvgIpc) is 2.33. The molecule has 2 nitrogen and oxygen atoms in total. The molecule has 0 aromatic rings. The minimum absolute atomic E-state index is 0.169. The zero-order chi connectivity index (χ0) is 9.59. The van der Waals surface area contributed by atoms with Gasteiger partial charge in [-0.25, -0.2) is 0 Å². The van der Waals surface area contributed by atoms with Crippen LogP contribution in [0.4, 0.5) is 0 Å². The van der Waals surface area contributed by atoms with Gasteiger partial charge in [-0.3, -0.25) is 4.79 Å². The number of nitrogens with zero attached hydrogens (tertiary/aromatic N) is 1. The molecule has 2 rings (SSSR count). The number of likely N-dealkylation sites (tertiary alicyclic amines) is 1. The molecular formula is C11H17NO. The van der Waals surface area contributed by atoms with Gasteiger partial charge in [0.25, 0.3) is 0 Å². The molecule has 1 aliphatic heterocycles. The number of carbonyl (C=O) groups excluding carboxylic acids is 1. The van der Waals surface area contributed by atoms with Crippen molar-refractivity contribution in [2.75, 3.05) is 7.05 Å². The summed E-state index contributed by atoms with van der Waals surface area (Å²) in [5, 5.41) is 0. The zero-order valence-corrected chi connectivity index (χ0v) is 8.42. The van der Waals surface area contributed by atoms with Crippen LogP contribution in [0.25, 0.3) is 0 Å². The lowest BCUT2D eigenvalue weighted by Gasteiger charge is -2.31. The lowest BCUT2D eigenvalue weighted by Crippen LogP contribution is -2.34. The summed E-state index contributed by atoms with van der Waals surface area (Å²) in [7, 11) is 1.93. The topological polar surface area (TPSA) is 20.3 Å². The first-order valence-corrected chi connectivity index (χ1v) is 5.07. The molecular weight excluding hydrogens is 162 g/mol. The van der Waals surface area contributed by atoms with Crippen LogP contribution in [0.1, 0.15) is 26.2 Å². The first-order valence-electron chi connectivity index (χ1n) is 5.07. The van der Waals surface area contributed by atoms with Gasteiger partial charge in [0.2, 0.25) is 5.91 Å². The Labute approximate surface area is 79.6 Å². The normalized spacial score (nSPS) is 39.5. The Balaban J connectivity index is 2.29. The van der Waals surface area contributed by atoms with Gasteiger partial charge in [-0.2, -0.15) is 0 Å². The molecule has 1 saturated carbocycles. The van der Waals surface area contributed by atoms with Crippen molar-refractivity contribution in [1.29, 1.82) is 0 Å². The molecule has 0 spiro atoms. The van der Waals surface area contributed by atoms with E-state index in [1.165, 1.54) is 12.0 Å². The molecule has 1 heterocycles. The minimum atomic E-state index is 0.169. The minimum Gasteiger partial charge on any atom is -0.342 e. The number of fused-ring (bicyclic) bond motifs is 1. The summed E-state index contributed by atoms with van der Waals surface area (Å²) in [6.45, 7) is 6.14. The van der Waals surface area contributed by atoms with E-state index in [1.54, 1.807) is 0 Å². The van der Waals surface area contributed by atoms with Crippen LogP contribution in [0.3, 0.4) is 0 Å². The Morgan fingerprint density at radius 3 is 2.85 bits per heavy atom. The average molecular weight is 179 g/mol. The zero-order valence-electron chi connectivity index (χ0n) is 8.42. The SMILES string of the molecule is C=C1CCCC2C1C(C)C(=O)N2C. The van der Waals surface area contributed by atoms with Crippen molar-refractivity contribution in [3.05, 3.63) is 12.2 Å². The molecule has 2 fully saturated rings. The highest BCUT2D eigenvalue weighted by Crippen LogP contribution is 2.41. The van der Waals surface area contributed by atoms with Crippen LogP contribution in [-0.4, -0.2) is 23.9 Å². The van der Waals surface area contributed by atoms with Crippen molar-refractivity contribution in [2.45, 2.75) is 32.2 Å². The molecule has 1 saturated heterocycles. The molecule has 2 heteroatoms. The predicted octanol–water partition coefficient (Wildman–Crippen LogP) is 1.82. The molecule has 13 heavy (non-hydrogen) atoms. The Morgan fingerprint density at radius 1 is 1.54 bits per heavy atom. The smallest absolute Gasteiger partial charge is 0.226 e. The van der Waals surface area contributed by atoms with Crippen LogP contribution in [0, 0.1) is 11.8 Å². The van der Waals surface area contributed by atoms with E-state index in [9.17, 15) is 4.79 Å². The molecule has 1 aliphatic carbocycles. The van der Waals surface area contributed by atoms with E-state index in [4.69, 9.17) is 0 Å². The van der Waals surface area contributed by atoms with E-state index in [1.807, 2.05) is 18.9 Å². The van der Waals surface area contributed by atoms with E-state index < -0.39 is 0 Å². The maximum Gasteiger partial charge on any atom is 0.226 e. The second-order valence-corrected chi connectivity index (χ2v) is 4.38. The van der Waals surface area contributed by atoms with Crippen molar-refractivity contribution >= 4 is 5.91 Å². The van der Waals surface area contributed by atoms with Crippen LogP contribution in [-0.2, 0) is 4.79 Å². The van der Waals surface area contributed by atoms with Crippen molar-refractivity contribution < 1.29 is 4.79 Å². The second kappa shape index (κ2) is 2.86. The van der Waals surface area contributed by atoms with E-state index in [0.717, 1.165) is 12.8 Å². The van der Waals surface area contributed by atoms with Gasteiger partial charge in [0.05, 0.1) is 0 Å². The third-order valence-electron chi connectivity index (χ3n) is 3.66. The summed E-state index contributed by atoms with van der Waals surface area (Å²) in [6.07, 6.45) is 3.48. The second-order valence-electron chi connectivity index (χ2n) is 4.38. The summed E-state index contributed by atoms with van der Waals surface area (Å²) in [5.41, 5.74) is 1.29. The van der Waals surface area contributed by atoms with Gasteiger partial charge in [0.1, 0.15) is 0 Å². The lowest BCUT2D eigenvalue weighted by atomic mass is 9.77. The molecule has 72 valence electrons. The highest BCUT2D eigenvalue weighted by molar-refractivity contribution is 5.82. The Morgan fingerprint density at radius 2 is 2.23 bits per heavy atom. The van der Waals surface area contributed by atoms with Gasteiger partial charge in [-0.1, -0.05) is 19.1 Å². The molecule has 0 N–H and O–H groups in total.